The standard InChI is InChI=1S/C19H21BrN2O2/c1-12-9-13(2)18(14(3)10-12)11-21-22-19(23)15(4)24-17-7-5-16(20)6-8-17/h5-11,15H,1-4H3,(H,22,23). The number of nitrogens with one attached hydrogen (secondary N) is 1. The van der Waals surface area contributed by atoms with E-state index in [1.54, 1.807) is 25.3 Å². The Balaban J connectivity index is 1.96. The third kappa shape index (κ3) is 4.93. The summed E-state index contributed by atoms with van der Waals surface area (Å²) in [5.74, 6) is 0.339. The van der Waals surface area contributed by atoms with E-state index in [1.165, 1.54) is 5.56 Å². The van der Waals surface area contributed by atoms with Crippen LogP contribution in [0.4, 0.5) is 0 Å². The number of benzene rings is 2. The fourth-order valence-corrected chi connectivity index (χ4v) is 2.68. The van der Waals surface area contributed by atoms with E-state index < -0.39 is 6.10 Å². The second-order valence-corrected chi connectivity index (χ2v) is 6.68. The van der Waals surface area contributed by atoms with Crippen molar-refractivity contribution in [3.8, 4) is 5.75 Å². The Morgan fingerprint density at radius 2 is 1.75 bits per heavy atom. The zero-order valence-corrected chi connectivity index (χ0v) is 15.8. The van der Waals surface area contributed by atoms with E-state index in [1.807, 2.05) is 26.0 Å². The smallest absolute Gasteiger partial charge is 0.280 e. The van der Waals surface area contributed by atoms with Crippen LogP contribution in [0.5, 0.6) is 5.75 Å². The number of ether oxygens (including phenoxy) is 1. The molecule has 1 unspecified atom stereocenters. The lowest BCUT2D eigenvalue weighted by Crippen LogP contribution is -2.33. The first kappa shape index (κ1) is 18.2. The van der Waals surface area contributed by atoms with Gasteiger partial charge in [-0.05, 0) is 63.1 Å². The van der Waals surface area contributed by atoms with Gasteiger partial charge in [0.05, 0.1) is 6.21 Å². The summed E-state index contributed by atoms with van der Waals surface area (Å²) >= 11 is 3.36. The fourth-order valence-electron chi connectivity index (χ4n) is 2.42. The Bertz CT molecular complexity index is 731. The molecule has 24 heavy (non-hydrogen) atoms. The van der Waals surface area contributed by atoms with Gasteiger partial charge >= 0.3 is 0 Å². The average Bonchev–Trinajstić information content (AvgIpc) is 2.51. The zero-order valence-electron chi connectivity index (χ0n) is 14.3. The molecule has 1 N–H and O–H groups in total. The van der Waals surface area contributed by atoms with Crippen LogP contribution in [-0.4, -0.2) is 18.2 Å². The normalized spacial score (nSPS) is 12.2. The number of hydrazone groups is 1. The Kier molecular flexibility index (Phi) is 6.15. The van der Waals surface area contributed by atoms with Gasteiger partial charge < -0.3 is 4.74 Å². The van der Waals surface area contributed by atoms with E-state index in [4.69, 9.17) is 4.74 Å². The molecule has 2 rings (SSSR count). The summed E-state index contributed by atoms with van der Waals surface area (Å²) in [6.07, 6.45) is 1.04. The number of nitrogens with zero attached hydrogens (tertiary/aromatic N) is 1. The lowest BCUT2D eigenvalue weighted by atomic mass is 10.0. The average molecular weight is 389 g/mol. The SMILES string of the molecule is Cc1cc(C)c(C=NNC(=O)C(C)Oc2ccc(Br)cc2)c(C)c1. The van der Waals surface area contributed by atoms with Crippen LogP contribution < -0.4 is 10.2 Å². The van der Waals surface area contributed by atoms with Gasteiger partial charge in [-0.3, -0.25) is 4.79 Å². The van der Waals surface area contributed by atoms with Crippen LogP contribution >= 0.6 is 15.9 Å². The minimum Gasteiger partial charge on any atom is -0.481 e. The molecule has 0 fully saturated rings. The number of carbonyl (C=O) groups is 1. The molecule has 2 aromatic rings. The van der Waals surface area contributed by atoms with Gasteiger partial charge in [0.2, 0.25) is 0 Å². The molecular formula is C19H21BrN2O2. The number of hydrogen-bond donors (Lipinski definition) is 1. The largest absolute Gasteiger partial charge is 0.481 e. The first-order chi connectivity index (χ1) is 11.4. The van der Waals surface area contributed by atoms with E-state index in [0.717, 1.165) is 21.2 Å². The number of halogens is 1. The molecule has 0 bridgehead atoms. The van der Waals surface area contributed by atoms with Crippen LogP contribution in [0.25, 0.3) is 0 Å². The molecule has 1 amide bonds. The first-order valence-electron chi connectivity index (χ1n) is 7.70. The van der Waals surface area contributed by atoms with Gasteiger partial charge in [0.1, 0.15) is 5.75 Å². The molecule has 4 nitrogen and oxygen atoms in total. The van der Waals surface area contributed by atoms with Gasteiger partial charge in [-0.1, -0.05) is 33.6 Å². The minimum absolute atomic E-state index is 0.295. The van der Waals surface area contributed by atoms with Gasteiger partial charge in [-0.25, -0.2) is 5.43 Å². The molecule has 0 aliphatic rings. The summed E-state index contributed by atoms with van der Waals surface area (Å²) in [4.78, 5) is 12.1. The van der Waals surface area contributed by atoms with Crippen molar-refractivity contribution >= 4 is 28.1 Å². The monoisotopic (exact) mass is 388 g/mol. The van der Waals surface area contributed by atoms with Crippen molar-refractivity contribution in [3.05, 3.63) is 63.1 Å². The Morgan fingerprint density at radius 3 is 2.33 bits per heavy atom. The van der Waals surface area contributed by atoms with E-state index in [0.29, 0.717) is 5.75 Å². The number of amides is 1. The van der Waals surface area contributed by atoms with Crippen molar-refractivity contribution in [1.29, 1.82) is 0 Å². The predicted molar refractivity (Wildman–Crippen MR) is 101 cm³/mol. The molecule has 0 saturated heterocycles. The van der Waals surface area contributed by atoms with Crippen molar-refractivity contribution in [1.82, 2.24) is 5.43 Å². The summed E-state index contributed by atoms with van der Waals surface area (Å²) in [7, 11) is 0. The Hall–Kier alpha value is -2.14. The molecule has 0 heterocycles. The lowest BCUT2D eigenvalue weighted by molar-refractivity contribution is -0.127. The third-order valence-corrected chi connectivity index (χ3v) is 4.13. The maximum Gasteiger partial charge on any atom is 0.280 e. The summed E-state index contributed by atoms with van der Waals surface area (Å²) < 4.78 is 6.55. The second-order valence-electron chi connectivity index (χ2n) is 5.76. The van der Waals surface area contributed by atoms with Crippen molar-refractivity contribution in [2.45, 2.75) is 33.8 Å². The van der Waals surface area contributed by atoms with Crippen molar-refractivity contribution < 1.29 is 9.53 Å². The van der Waals surface area contributed by atoms with Crippen LogP contribution in [0, 0.1) is 20.8 Å². The van der Waals surface area contributed by atoms with Crippen molar-refractivity contribution in [3.63, 3.8) is 0 Å². The van der Waals surface area contributed by atoms with E-state index in [9.17, 15) is 4.79 Å². The highest BCUT2D eigenvalue weighted by atomic mass is 79.9. The lowest BCUT2D eigenvalue weighted by Gasteiger charge is -2.13. The van der Waals surface area contributed by atoms with Gasteiger partial charge in [-0.15, -0.1) is 0 Å². The van der Waals surface area contributed by atoms with Crippen LogP contribution in [0.2, 0.25) is 0 Å². The Morgan fingerprint density at radius 1 is 1.17 bits per heavy atom. The molecule has 0 aromatic heterocycles. The highest BCUT2D eigenvalue weighted by Crippen LogP contribution is 2.17. The number of hydrogen-bond acceptors (Lipinski definition) is 3. The topological polar surface area (TPSA) is 50.7 Å². The van der Waals surface area contributed by atoms with Crippen molar-refractivity contribution in [2.75, 3.05) is 0 Å². The van der Waals surface area contributed by atoms with E-state index in [2.05, 4.69) is 45.5 Å². The van der Waals surface area contributed by atoms with E-state index >= 15 is 0 Å². The Labute approximate surface area is 151 Å². The van der Waals surface area contributed by atoms with Crippen LogP contribution in [0.15, 0.2) is 46.0 Å². The summed E-state index contributed by atoms with van der Waals surface area (Å²) in [5, 5.41) is 4.06. The van der Waals surface area contributed by atoms with Gasteiger partial charge in [0.25, 0.3) is 5.91 Å². The van der Waals surface area contributed by atoms with Crippen LogP contribution in [0.1, 0.15) is 29.2 Å². The minimum atomic E-state index is -0.636. The zero-order chi connectivity index (χ0) is 17.7. The maximum atomic E-state index is 12.1. The molecular weight excluding hydrogens is 368 g/mol. The van der Waals surface area contributed by atoms with Gasteiger partial charge in [0.15, 0.2) is 6.10 Å². The highest BCUT2D eigenvalue weighted by Gasteiger charge is 2.13. The number of aryl methyl sites for hydroxylation is 3. The van der Waals surface area contributed by atoms with Crippen molar-refractivity contribution in [2.24, 2.45) is 5.10 Å². The molecule has 5 heteroatoms. The summed E-state index contributed by atoms with van der Waals surface area (Å²) in [6, 6.07) is 11.5. The first-order valence-corrected chi connectivity index (χ1v) is 8.49. The van der Waals surface area contributed by atoms with Crippen LogP contribution in [-0.2, 0) is 4.79 Å². The molecule has 0 radical (unpaired) electrons. The number of rotatable bonds is 5. The second kappa shape index (κ2) is 8.11. The van der Waals surface area contributed by atoms with Gasteiger partial charge in [0, 0.05) is 10.0 Å². The number of carbonyl (C=O) groups excluding carboxylic acids is 1. The maximum absolute atomic E-state index is 12.1. The summed E-state index contributed by atoms with van der Waals surface area (Å²) in [5.41, 5.74) is 7.01. The fraction of sp³-hybridized carbons (Fsp3) is 0.263. The molecule has 126 valence electrons. The highest BCUT2D eigenvalue weighted by molar-refractivity contribution is 9.10. The van der Waals surface area contributed by atoms with Crippen LogP contribution in [0.3, 0.4) is 0 Å². The predicted octanol–water partition coefficient (Wildman–Crippen LogP) is 4.29. The molecule has 0 aliphatic heterocycles. The molecule has 2 aromatic carbocycles. The molecule has 0 spiro atoms. The summed E-state index contributed by atoms with van der Waals surface area (Å²) in [6.45, 7) is 7.81. The third-order valence-electron chi connectivity index (χ3n) is 3.60. The molecule has 1 atom stereocenters. The van der Waals surface area contributed by atoms with E-state index in [-0.39, 0.29) is 5.91 Å². The van der Waals surface area contributed by atoms with Gasteiger partial charge in [-0.2, -0.15) is 5.10 Å². The molecule has 0 aliphatic carbocycles. The quantitative estimate of drug-likeness (QED) is 0.613. The molecule has 0 saturated carbocycles.